The topological polar surface area (TPSA) is 68.0 Å². The van der Waals surface area contributed by atoms with Gasteiger partial charge in [0.15, 0.2) is 0 Å². The molecule has 0 aliphatic heterocycles. The Labute approximate surface area is 171 Å². The lowest BCUT2D eigenvalue weighted by molar-refractivity contribution is -0.137. The summed E-state index contributed by atoms with van der Waals surface area (Å²) in [6, 6.07) is 8.92. The number of aromatic nitrogens is 3. The van der Waals surface area contributed by atoms with Gasteiger partial charge in [0, 0.05) is 23.6 Å². The van der Waals surface area contributed by atoms with Crippen LogP contribution in [0.15, 0.2) is 52.5 Å². The van der Waals surface area contributed by atoms with Gasteiger partial charge in [0.25, 0.3) is 0 Å². The van der Waals surface area contributed by atoms with Crippen LogP contribution in [0.5, 0.6) is 0 Å². The monoisotopic (exact) mass is 417 g/mol. The second-order valence-electron chi connectivity index (χ2n) is 6.88. The zero-order valence-electron chi connectivity index (χ0n) is 16.1. The highest BCUT2D eigenvalue weighted by Gasteiger charge is 2.22. The Balaban J connectivity index is 2.08. The average molecular weight is 417 g/mol. The smallest absolute Gasteiger partial charge is 0.303 e. The molecule has 2 heterocycles. The van der Waals surface area contributed by atoms with E-state index >= 15 is 0 Å². The summed E-state index contributed by atoms with van der Waals surface area (Å²) in [4.78, 5) is 20.5. The third-order valence-corrected chi connectivity index (χ3v) is 5.33. The number of imidazole rings is 1. The Kier molecular flexibility index (Phi) is 6.64. The minimum atomic E-state index is -0.912. The Morgan fingerprint density at radius 3 is 2.52 bits per heavy atom. The summed E-state index contributed by atoms with van der Waals surface area (Å²) in [6.07, 6.45) is 1.87. The lowest BCUT2D eigenvalue weighted by atomic mass is 10.1. The molecular formula is C21H21F2N3O2S. The van der Waals surface area contributed by atoms with E-state index < -0.39 is 17.6 Å². The van der Waals surface area contributed by atoms with Gasteiger partial charge in [-0.05, 0) is 30.2 Å². The van der Waals surface area contributed by atoms with Gasteiger partial charge in [-0.25, -0.2) is 13.8 Å². The molecule has 29 heavy (non-hydrogen) atoms. The molecule has 3 aromatic rings. The number of nitrogens with zero attached hydrogens (tertiary/aromatic N) is 3. The first-order valence-electron chi connectivity index (χ1n) is 9.18. The average Bonchev–Trinajstić information content (AvgIpc) is 2.97. The highest BCUT2D eigenvalue weighted by Crippen LogP contribution is 2.36. The third kappa shape index (κ3) is 5.41. The second kappa shape index (κ2) is 9.17. The first kappa shape index (κ1) is 21.0. The molecule has 0 aliphatic carbocycles. The molecule has 8 heteroatoms. The fourth-order valence-electron chi connectivity index (χ4n) is 2.91. The van der Waals surface area contributed by atoms with E-state index in [1.807, 2.05) is 36.6 Å². The number of carboxylic acids is 1. The first-order valence-corrected chi connectivity index (χ1v) is 10.00. The van der Waals surface area contributed by atoms with Gasteiger partial charge in [0.05, 0.1) is 24.4 Å². The summed E-state index contributed by atoms with van der Waals surface area (Å²) in [5, 5.41) is 9.83. The minimum absolute atomic E-state index is 0.0458. The summed E-state index contributed by atoms with van der Waals surface area (Å²) in [6.45, 7) is 4.34. The summed E-state index contributed by atoms with van der Waals surface area (Å²) < 4.78 is 29.3. The lowest BCUT2D eigenvalue weighted by Gasteiger charge is -2.13. The van der Waals surface area contributed by atoms with Gasteiger partial charge in [0.2, 0.25) is 0 Å². The molecule has 0 unspecified atom stereocenters. The van der Waals surface area contributed by atoms with E-state index in [-0.39, 0.29) is 18.8 Å². The summed E-state index contributed by atoms with van der Waals surface area (Å²) >= 11 is 1.22. The van der Waals surface area contributed by atoms with Crippen molar-refractivity contribution in [3.05, 3.63) is 71.4 Å². The van der Waals surface area contributed by atoms with Gasteiger partial charge in [-0.2, -0.15) is 0 Å². The predicted molar refractivity (Wildman–Crippen MR) is 106 cm³/mol. The van der Waals surface area contributed by atoms with E-state index in [0.717, 1.165) is 22.5 Å². The van der Waals surface area contributed by atoms with E-state index in [9.17, 15) is 13.6 Å². The van der Waals surface area contributed by atoms with Gasteiger partial charge in [-0.1, -0.05) is 31.7 Å². The maximum absolute atomic E-state index is 13.7. The molecule has 3 rings (SSSR count). The molecule has 0 aliphatic rings. The Morgan fingerprint density at radius 1 is 1.21 bits per heavy atom. The van der Waals surface area contributed by atoms with Crippen molar-refractivity contribution in [1.29, 1.82) is 0 Å². The number of halogens is 2. The van der Waals surface area contributed by atoms with E-state index in [0.29, 0.717) is 17.3 Å². The molecule has 0 fully saturated rings. The maximum atomic E-state index is 13.7. The van der Waals surface area contributed by atoms with Crippen LogP contribution in [-0.4, -0.2) is 25.6 Å². The molecule has 1 N–H and O–H groups in total. The number of carboxylic acid groups (broad SMARTS) is 1. The highest BCUT2D eigenvalue weighted by molar-refractivity contribution is 7.99. The zero-order chi connectivity index (χ0) is 21.0. The maximum Gasteiger partial charge on any atom is 0.303 e. The van der Waals surface area contributed by atoms with Gasteiger partial charge in [-0.15, -0.1) is 0 Å². The summed E-state index contributed by atoms with van der Waals surface area (Å²) in [7, 11) is 0. The number of benzene rings is 1. The molecule has 0 saturated carbocycles. The van der Waals surface area contributed by atoms with E-state index in [1.165, 1.54) is 23.9 Å². The lowest BCUT2D eigenvalue weighted by Crippen LogP contribution is -2.09. The van der Waals surface area contributed by atoms with Crippen LogP contribution in [0.4, 0.5) is 8.78 Å². The van der Waals surface area contributed by atoms with Crippen LogP contribution >= 0.6 is 11.8 Å². The van der Waals surface area contributed by atoms with Crippen molar-refractivity contribution < 1.29 is 18.7 Å². The number of aryl methyl sites for hydroxylation is 1. The second-order valence-corrected chi connectivity index (χ2v) is 7.94. The largest absolute Gasteiger partial charge is 0.481 e. The van der Waals surface area contributed by atoms with Crippen molar-refractivity contribution in [2.45, 2.75) is 49.1 Å². The third-order valence-electron chi connectivity index (χ3n) is 4.23. The van der Waals surface area contributed by atoms with E-state index in [4.69, 9.17) is 5.11 Å². The van der Waals surface area contributed by atoms with Crippen molar-refractivity contribution in [1.82, 2.24) is 14.5 Å². The fourth-order valence-corrected chi connectivity index (χ4v) is 4.14. The van der Waals surface area contributed by atoms with E-state index in [2.05, 4.69) is 9.97 Å². The molecule has 1 aromatic carbocycles. The Hall–Kier alpha value is -2.74. The standard InChI is InChI=1S/C21H21F2N3O2S/c1-13(2)20-21(29-17-10-14(22)9-15(23)11-17)26(12-16-5-3-4-8-24-16)18(25-20)6-7-19(27)28/h3-5,8-11,13H,6-7,12H2,1-2H3,(H,27,28). The number of hydrogen-bond acceptors (Lipinski definition) is 4. The highest BCUT2D eigenvalue weighted by atomic mass is 32.2. The number of pyridine rings is 1. The minimum Gasteiger partial charge on any atom is -0.481 e. The number of hydrogen-bond donors (Lipinski definition) is 1. The molecule has 0 spiro atoms. The molecule has 0 radical (unpaired) electrons. The number of carbonyl (C=O) groups is 1. The molecule has 2 aromatic heterocycles. The zero-order valence-corrected chi connectivity index (χ0v) is 16.9. The first-order chi connectivity index (χ1) is 13.8. The SMILES string of the molecule is CC(C)c1nc(CCC(=O)O)n(Cc2ccccn2)c1Sc1cc(F)cc(F)c1. The molecule has 0 saturated heterocycles. The van der Waals surface area contributed by atoms with Crippen molar-refractivity contribution in [3.63, 3.8) is 0 Å². The Bertz CT molecular complexity index is 986. The molecule has 152 valence electrons. The molecular weight excluding hydrogens is 396 g/mol. The van der Waals surface area contributed by atoms with Crippen LogP contribution in [0, 0.1) is 11.6 Å². The van der Waals surface area contributed by atoms with Crippen molar-refractivity contribution in [2.24, 2.45) is 0 Å². The van der Waals surface area contributed by atoms with Crippen LogP contribution in [0.2, 0.25) is 0 Å². The molecule has 0 bridgehead atoms. The quantitative estimate of drug-likeness (QED) is 0.565. The molecule has 0 amide bonds. The van der Waals surface area contributed by atoms with Crippen LogP contribution < -0.4 is 0 Å². The Morgan fingerprint density at radius 2 is 1.93 bits per heavy atom. The number of rotatable bonds is 8. The van der Waals surface area contributed by atoms with Crippen molar-refractivity contribution >= 4 is 17.7 Å². The van der Waals surface area contributed by atoms with Crippen LogP contribution in [0.1, 0.15) is 43.4 Å². The summed E-state index contributed by atoms with van der Waals surface area (Å²) in [5.74, 6) is -1.56. The molecule has 5 nitrogen and oxygen atoms in total. The summed E-state index contributed by atoms with van der Waals surface area (Å²) in [5.41, 5.74) is 1.54. The van der Waals surface area contributed by atoms with E-state index in [1.54, 1.807) is 6.20 Å². The van der Waals surface area contributed by atoms with Crippen molar-refractivity contribution in [2.75, 3.05) is 0 Å². The van der Waals surface area contributed by atoms with Crippen LogP contribution in [0.25, 0.3) is 0 Å². The van der Waals surface area contributed by atoms with Crippen LogP contribution in [0.3, 0.4) is 0 Å². The molecule has 0 atom stereocenters. The predicted octanol–water partition coefficient (Wildman–Crippen LogP) is 4.90. The van der Waals surface area contributed by atoms with Gasteiger partial charge >= 0.3 is 5.97 Å². The van der Waals surface area contributed by atoms with Crippen LogP contribution in [-0.2, 0) is 17.8 Å². The normalized spacial score (nSPS) is 11.2. The van der Waals surface area contributed by atoms with Gasteiger partial charge in [0.1, 0.15) is 22.5 Å². The fraction of sp³-hybridized carbons (Fsp3) is 0.286. The van der Waals surface area contributed by atoms with Gasteiger partial charge in [-0.3, -0.25) is 9.78 Å². The van der Waals surface area contributed by atoms with Crippen molar-refractivity contribution in [3.8, 4) is 0 Å². The number of aliphatic carboxylic acids is 1. The van der Waals surface area contributed by atoms with Gasteiger partial charge < -0.3 is 9.67 Å².